The summed E-state index contributed by atoms with van der Waals surface area (Å²) in [6.45, 7) is 6.45. The van der Waals surface area contributed by atoms with Crippen LogP contribution < -0.4 is 10.6 Å². The van der Waals surface area contributed by atoms with Crippen molar-refractivity contribution in [3.05, 3.63) is 71.3 Å². The number of benzene rings is 2. The summed E-state index contributed by atoms with van der Waals surface area (Å²) < 4.78 is 11.5. The first-order valence-corrected chi connectivity index (χ1v) is 10.2. The molecule has 0 aliphatic carbocycles. The maximum absolute atomic E-state index is 5.85. The molecule has 1 fully saturated rings. The molecule has 5 nitrogen and oxygen atoms in total. The van der Waals surface area contributed by atoms with Gasteiger partial charge in [-0.1, -0.05) is 54.6 Å². The van der Waals surface area contributed by atoms with Gasteiger partial charge >= 0.3 is 0 Å². The quantitative estimate of drug-likeness (QED) is 0.514. The molecule has 150 valence electrons. The topological polar surface area (TPSA) is 54.9 Å². The van der Waals surface area contributed by atoms with Gasteiger partial charge in [-0.25, -0.2) is 4.99 Å². The molecule has 2 N–H and O–H groups in total. The standard InChI is InChI=1S/C23H31N3O2/c1-2-24-23(26-16-22-12-7-13-28-22)25-15-20-10-6-11-21(14-20)18-27-17-19-8-4-3-5-9-19/h3-6,8-11,14,22H,2,7,12-13,15-18H2,1H3,(H2,24,25,26). The van der Waals surface area contributed by atoms with Gasteiger partial charge in [-0.05, 0) is 36.5 Å². The summed E-state index contributed by atoms with van der Waals surface area (Å²) in [4.78, 5) is 4.71. The van der Waals surface area contributed by atoms with Crippen LogP contribution >= 0.6 is 0 Å². The fraction of sp³-hybridized carbons (Fsp3) is 0.435. The van der Waals surface area contributed by atoms with Gasteiger partial charge in [0.25, 0.3) is 0 Å². The molecular weight excluding hydrogens is 350 g/mol. The molecule has 0 spiro atoms. The van der Waals surface area contributed by atoms with Crippen LogP contribution in [0.4, 0.5) is 0 Å². The minimum Gasteiger partial charge on any atom is -0.376 e. The zero-order valence-electron chi connectivity index (χ0n) is 16.7. The lowest BCUT2D eigenvalue weighted by Gasteiger charge is -2.15. The Morgan fingerprint density at radius 1 is 1.04 bits per heavy atom. The summed E-state index contributed by atoms with van der Waals surface area (Å²) in [5.41, 5.74) is 3.53. The van der Waals surface area contributed by atoms with E-state index in [2.05, 4.69) is 54.0 Å². The molecule has 1 atom stereocenters. The van der Waals surface area contributed by atoms with Crippen LogP contribution in [0.25, 0.3) is 0 Å². The second-order valence-corrected chi connectivity index (χ2v) is 7.01. The van der Waals surface area contributed by atoms with Crippen molar-refractivity contribution < 1.29 is 9.47 Å². The van der Waals surface area contributed by atoms with Crippen LogP contribution in [0.5, 0.6) is 0 Å². The third kappa shape index (κ3) is 6.98. The third-order valence-electron chi connectivity index (χ3n) is 4.66. The lowest BCUT2D eigenvalue weighted by molar-refractivity contribution is 0.107. The van der Waals surface area contributed by atoms with E-state index in [-0.39, 0.29) is 0 Å². The maximum atomic E-state index is 5.85. The predicted octanol–water partition coefficient (Wildman–Crippen LogP) is 3.64. The van der Waals surface area contributed by atoms with Crippen molar-refractivity contribution in [2.24, 2.45) is 4.99 Å². The Balaban J connectivity index is 1.49. The normalized spacial score (nSPS) is 16.9. The monoisotopic (exact) mass is 381 g/mol. The number of rotatable bonds is 9. The highest BCUT2D eigenvalue weighted by molar-refractivity contribution is 5.79. The van der Waals surface area contributed by atoms with E-state index in [1.807, 2.05) is 18.2 Å². The van der Waals surface area contributed by atoms with E-state index in [1.165, 1.54) is 16.7 Å². The average Bonchev–Trinajstić information content (AvgIpc) is 3.25. The van der Waals surface area contributed by atoms with E-state index in [9.17, 15) is 0 Å². The zero-order valence-corrected chi connectivity index (χ0v) is 16.7. The molecule has 28 heavy (non-hydrogen) atoms. The highest BCUT2D eigenvalue weighted by Gasteiger charge is 2.15. The number of ether oxygens (including phenoxy) is 2. The molecule has 1 heterocycles. The van der Waals surface area contributed by atoms with Crippen molar-refractivity contribution in [1.29, 1.82) is 0 Å². The van der Waals surface area contributed by atoms with Crippen LogP contribution in [-0.2, 0) is 29.2 Å². The van der Waals surface area contributed by atoms with Crippen LogP contribution in [-0.4, -0.2) is 31.8 Å². The van der Waals surface area contributed by atoms with Crippen LogP contribution in [0.1, 0.15) is 36.5 Å². The number of nitrogens with one attached hydrogen (secondary N) is 2. The molecule has 0 saturated carbocycles. The third-order valence-corrected chi connectivity index (χ3v) is 4.66. The van der Waals surface area contributed by atoms with E-state index in [0.29, 0.717) is 25.9 Å². The smallest absolute Gasteiger partial charge is 0.191 e. The van der Waals surface area contributed by atoms with Gasteiger partial charge in [-0.2, -0.15) is 0 Å². The minimum atomic E-state index is 0.300. The van der Waals surface area contributed by atoms with Crippen LogP contribution in [0.3, 0.4) is 0 Å². The number of nitrogens with zero attached hydrogens (tertiary/aromatic N) is 1. The average molecular weight is 382 g/mol. The summed E-state index contributed by atoms with van der Waals surface area (Å²) in [6.07, 6.45) is 2.57. The fourth-order valence-corrected chi connectivity index (χ4v) is 3.21. The fourth-order valence-electron chi connectivity index (χ4n) is 3.21. The molecule has 0 aromatic heterocycles. The molecule has 2 aromatic rings. The van der Waals surface area contributed by atoms with Crippen molar-refractivity contribution >= 4 is 5.96 Å². The summed E-state index contributed by atoms with van der Waals surface area (Å²) in [7, 11) is 0. The first-order valence-electron chi connectivity index (χ1n) is 10.2. The van der Waals surface area contributed by atoms with E-state index in [4.69, 9.17) is 14.5 Å². The Labute approximate surface area is 168 Å². The van der Waals surface area contributed by atoms with Gasteiger partial charge in [0.15, 0.2) is 5.96 Å². The van der Waals surface area contributed by atoms with Gasteiger partial charge in [0.05, 0.1) is 25.9 Å². The van der Waals surface area contributed by atoms with Crippen molar-refractivity contribution in [2.45, 2.75) is 45.6 Å². The first kappa shape index (κ1) is 20.4. The molecule has 2 aromatic carbocycles. The lowest BCUT2D eigenvalue weighted by atomic mass is 10.1. The molecule has 0 radical (unpaired) electrons. The van der Waals surface area contributed by atoms with Gasteiger partial charge in [0.2, 0.25) is 0 Å². The van der Waals surface area contributed by atoms with E-state index in [1.54, 1.807) is 0 Å². The highest BCUT2D eigenvalue weighted by Crippen LogP contribution is 2.11. The van der Waals surface area contributed by atoms with Crippen LogP contribution in [0.15, 0.2) is 59.6 Å². The van der Waals surface area contributed by atoms with Crippen molar-refractivity contribution in [3.8, 4) is 0 Å². The van der Waals surface area contributed by atoms with Gasteiger partial charge in [0, 0.05) is 19.7 Å². The second-order valence-electron chi connectivity index (χ2n) is 7.01. The molecule has 1 aliphatic rings. The van der Waals surface area contributed by atoms with Crippen molar-refractivity contribution in [3.63, 3.8) is 0 Å². The van der Waals surface area contributed by atoms with Gasteiger partial charge in [-0.15, -0.1) is 0 Å². The SMILES string of the molecule is CCNC(=NCc1cccc(COCc2ccccc2)c1)NCC1CCCO1. The number of guanidine groups is 1. The number of aliphatic imine (C=N–C) groups is 1. The maximum Gasteiger partial charge on any atom is 0.191 e. The Morgan fingerprint density at radius 3 is 2.61 bits per heavy atom. The lowest BCUT2D eigenvalue weighted by Crippen LogP contribution is -2.41. The summed E-state index contributed by atoms with van der Waals surface area (Å²) in [6, 6.07) is 18.7. The summed E-state index contributed by atoms with van der Waals surface area (Å²) in [5, 5.41) is 6.69. The summed E-state index contributed by atoms with van der Waals surface area (Å²) >= 11 is 0. The number of hydrogen-bond acceptors (Lipinski definition) is 3. The van der Waals surface area contributed by atoms with Gasteiger partial charge in [0.1, 0.15) is 0 Å². The predicted molar refractivity (Wildman–Crippen MR) is 113 cm³/mol. The second kappa shape index (κ2) is 11.5. The highest BCUT2D eigenvalue weighted by atomic mass is 16.5. The summed E-state index contributed by atoms with van der Waals surface area (Å²) in [5.74, 6) is 0.837. The molecule has 1 saturated heterocycles. The largest absolute Gasteiger partial charge is 0.376 e. The Morgan fingerprint density at radius 2 is 1.82 bits per heavy atom. The van der Waals surface area contributed by atoms with Crippen LogP contribution in [0.2, 0.25) is 0 Å². The van der Waals surface area contributed by atoms with E-state index in [0.717, 1.165) is 38.5 Å². The molecule has 1 aliphatic heterocycles. The molecule has 1 unspecified atom stereocenters. The van der Waals surface area contributed by atoms with Crippen molar-refractivity contribution in [1.82, 2.24) is 10.6 Å². The zero-order chi connectivity index (χ0) is 19.4. The molecule has 0 bridgehead atoms. The van der Waals surface area contributed by atoms with Gasteiger partial charge in [-0.3, -0.25) is 0 Å². The molecule has 3 rings (SSSR count). The number of hydrogen-bond donors (Lipinski definition) is 2. The van der Waals surface area contributed by atoms with E-state index >= 15 is 0 Å². The van der Waals surface area contributed by atoms with Crippen molar-refractivity contribution in [2.75, 3.05) is 19.7 Å². The van der Waals surface area contributed by atoms with E-state index < -0.39 is 0 Å². The van der Waals surface area contributed by atoms with Crippen LogP contribution in [0, 0.1) is 0 Å². The molecule has 0 amide bonds. The molecule has 5 heteroatoms. The Hall–Kier alpha value is -2.37. The minimum absolute atomic E-state index is 0.300. The Bertz CT molecular complexity index is 728. The molecular formula is C23H31N3O2. The Kier molecular flexibility index (Phi) is 8.34. The van der Waals surface area contributed by atoms with Gasteiger partial charge < -0.3 is 20.1 Å². The first-order chi connectivity index (χ1) is 13.8.